The van der Waals surface area contributed by atoms with Crippen molar-refractivity contribution in [1.29, 1.82) is 0 Å². The summed E-state index contributed by atoms with van der Waals surface area (Å²) in [5, 5.41) is 11.3. The maximum Gasteiger partial charge on any atom is 0.346 e. The monoisotopic (exact) mass is 391 g/mol. The number of hydrogen-bond donors (Lipinski definition) is 0. The Morgan fingerprint density at radius 1 is 1.19 bits per heavy atom. The molecule has 27 heavy (non-hydrogen) atoms. The van der Waals surface area contributed by atoms with Crippen LogP contribution in [0.2, 0.25) is 0 Å². The van der Waals surface area contributed by atoms with Crippen LogP contribution in [0.4, 0.5) is 5.69 Å². The summed E-state index contributed by atoms with van der Waals surface area (Å²) in [6.45, 7) is 4.79. The lowest BCUT2D eigenvalue weighted by molar-refractivity contribution is -0.385. The number of nitro groups is 1. The summed E-state index contributed by atoms with van der Waals surface area (Å²) in [6, 6.07) is 4.48. The molecule has 2 saturated heterocycles. The van der Waals surface area contributed by atoms with E-state index < -0.39 is 18.7 Å². The molecule has 1 aromatic heterocycles. The first-order chi connectivity index (χ1) is 13.0. The molecule has 0 bridgehead atoms. The predicted octanol–water partition coefficient (Wildman–Crippen LogP) is 2.99. The normalized spacial score (nSPS) is 18.1. The van der Waals surface area contributed by atoms with Crippen LogP contribution in [0.3, 0.4) is 0 Å². The van der Waals surface area contributed by atoms with E-state index in [0.29, 0.717) is 5.56 Å². The first-order valence-corrected chi connectivity index (χ1v) is 10.0. The highest BCUT2D eigenvalue weighted by Crippen LogP contribution is 2.63. The topological polar surface area (TPSA) is 110 Å². The van der Waals surface area contributed by atoms with E-state index in [1.54, 1.807) is 13.0 Å². The summed E-state index contributed by atoms with van der Waals surface area (Å²) >= 11 is 0. The Morgan fingerprint density at radius 3 is 2.37 bits per heavy atom. The van der Waals surface area contributed by atoms with Crippen LogP contribution in [-0.4, -0.2) is 50.4 Å². The van der Waals surface area contributed by atoms with E-state index in [4.69, 9.17) is 9.26 Å². The summed E-state index contributed by atoms with van der Waals surface area (Å²) in [5.41, 5.74) is 0.450. The van der Waals surface area contributed by atoms with E-state index in [1.807, 2.05) is 9.34 Å². The molecule has 0 N–H and O–H groups in total. The Balaban J connectivity index is 1.59. The Labute approximate surface area is 155 Å². The minimum absolute atomic E-state index is 0.0519. The molecular formula is C16H18N5O5P. The highest BCUT2D eigenvalue weighted by molar-refractivity contribution is 7.54. The quantitative estimate of drug-likeness (QED) is 0.290. The van der Waals surface area contributed by atoms with Gasteiger partial charge in [-0.15, -0.1) is 0 Å². The Hall–Kier alpha value is -2.39. The van der Waals surface area contributed by atoms with Crippen molar-refractivity contribution < 1.29 is 18.7 Å². The van der Waals surface area contributed by atoms with Gasteiger partial charge in [-0.2, -0.15) is 0 Å². The second-order valence-corrected chi connectivity index (χ2v) is 8.63. The van der Waals surface area contributed by atoms with Gasteiger partial charge in [0.25, 0.3) is 0 Å². The zero-order chi connectivity index (χ0) is 19.0. The molecule has 2 aromatic rings. The molecule has 0 aliphatic carbocycles. The van der Waals surface area contributed by atoms with Crippen molar-refractivity contribution in [3.63, 3.8) is 0 Å². The summed E-state index contributed by atoms with van der Waals surface area (Å²) in [5.74, 6) is 0.334. The van der Waals surface area contributed by atoms with Crippen LogP contribution in [0, 0.1) is 10.1 Å². The average Bonchev–Trinajstić information content (AvgIpc) is 3.54. The van der Waals surface area contributed by atoms with Gasteiger partial charge in [-0.05, 0) is 24.6 Å². The highest BCUT2D eigenvalue weighted by atomic mass is 31.2. The molecule has 11 heteroatoms. The molecule has 1 atom stereocenters. The van der Waals surface area contributed by atoms with Crippen molar-refractivity contribution in [2.75, 3.05) is 26.2 Å². The van der Waals surface area contributed by atoms with Gasteiger partial charge in [-0.1, -0.05) is 0 Å². The van der Waals surface area contributed by atoms with Gasteiger partial charge in [0.15, 0.2) is 5.75 Å². The summed E-state index contributed by atoms with van der Waals surface area (Å²) < 4.78 is 28.3. The zero-order valence-corrected chi connectivity index (χ0v) is 15.5. The van der Waals surface area contributed by atoms with Crippen LogP contribution in [0.25, 0.3) is 0 Å². The van der Waals surface area contributed by atoms with E-state index >= 15 is 0 Å². The van der Waals surface area contributed by atoms with Crippen molar-refractivity contribution in [2.24, 2.45) is 0 Å². The van der Waals surface area contributed by atoms with E-state index in [0.717, 1.165) is 26.2 Å². The lowest BCUT2D eigenvalue weighted by atomic mass is 10.1. The highest BCUT2D eigenvalue weighted by Gasteiger charge is 2.50. The first kappa shape index (κ1) is 18.0. The largest absolute Gasteiger partial charge is 0.447 e. The van der Waals surface area contributed by atoms with Crippen LogP contribution in [0.5, 0.6) is 11.5 Å². The van der Waals surface area contributed by atoms with Gasteiger partial charge in [0, 0.05) is 32.2 Å². The Morgan fingerprint density at radius 2 is 1.81 bits per heavy atom. The molecule has 0 spiro atoms. The number of hydrogen-bond acceptors (Lipinski definition) is 7. The van der Waals surface area contributed by atoms with E-state index in [-0.39, 0.29) is 17.2 Å². The SMILES string of the molecule is CC(OP(=O)(N1CC1)N1CC1)c1ccc([N+](=O)[O-])c(Oc2cncnc2)c1. The predicted molar refractivity (Wildman–Crippen MR) is 95.5 cm³/mol. The molecule has 4 rings (SSSR count). The Kier molecular flexibility index (Phi) is 4.65. The van der Waals surface area contributed by atoms with Crippen LogP contribution >= 0.6 is 7.67 Å². The molecule has 0 amide bonds. The fraction of sp³-hybridized carbons (Fsp3) is 0.375. The maximum absolute atomic E-state index is 13.1. The molecular weight excluding hydrogens is 373 g/mol. The van der Waals surface area contributed by atoms with Crippen LogP contribution in [0.1, 0.15) is 18.6 Å². The molecule has 2 fully saturated rings. The summed E-state index contributed by atoms with van der Waals surface area (Å²) in [6.07, 6.45) is 3.65. The number of rotatable bonds is 8. The minimum atomic E-state index is -3.00. The molecule has 2 aliphatic rings. The summed E-state index contributed by atoms with van der Waals surface area (Å²) in [7, 11) is -3.00. The van der Waals surface area contributed by atoms with Gasteiger partial charge in [-0.3, -0.25) is 19.2 Å². The number of benzene rings is 1. The lowest BCUT2D eigenvalue weighted by Gasteiger charge is -2.24. The van der Waals surface area contributed by atoms with Gasteiger partial charge in [0.1, 0.15) is 6.33 Å². The van der Waals surface area contributed by atoms with Crippen LogP contribution in [-0.2, 0) is 9.09 Å². The van der Waals surface area contributed by atoms with Gasteiger partial charge >= 0.3 is 13.4 Å². The van der Waals surface area contributed by atoms with Crippen LogP contribution in [0.15, 0.2) is 36.9 Å². The van der Waals surface area contributed by atoms with Crippen LogP contribution < -0.4 is 4.74 Å². The van der Waals surface area contributed by atoms with E-state index in [2.05, 4.69) is 9.97 Å². The standard InChI is InChI=1S/C16H18N5O5P/c1-12(26-27(24,19-4-5-19)20-6-7-20)13-2-3-15(21(22)23)16(8-13)25-14-9-17-11-18-10-14/h2-3,8-12H,4-7H2,1H3. The molecule has 0 radical (unpaired) electrons. The number of nitrogens with zero attached hydrogens (tertiary/aromatic N) is 5. The van der Waals surface area contributed by atoms with Crippen molar-refractivity contribution in [1.82, 2.24) is 19.3 Å². The summed E-state index contributed by atoms with van der Waals surface area (Å²) in [4.78, 5) is 18.5. The van der Waals surface area contributed by atoms with Crippen molar-refractivity contribution in [2.45, 2.75) is 13.0 Å². The second kappa shape index (κ2) is 6.97. The molecule has 3 heterocycles. The third kappa shape index (κ3) is 3.84. The molecule has 142 valence electrons. The van der Waals surface area contributed by atoms with Crippen molar-refractivity contribution in [3.05, 3.63) is 52.6 Å². The third-order valence-corrected chi connectivity index (χ3v) is 7.09. The molecule has 10 nitrogen and oxygen atoms in total. The van der Waals surface area contributed by atoms with Crippen molar-refractivity contribution >= 4 is 13.4 Å². The van der Waals surface area contributed by atoms with E-state index in [9.17, 15) is 14.7 Å². The maximum atomic E-state index is 13.1. The average molecular weight is 391 g/mol. The third-order valence-electron chi connectivity index (χ3n) is 4.27. The molecule has 0 saturated carbocycles. The fourth-order valence-corrected chi connectivity index (χ4v) is 5.00. The number of ether oxygens (including phenoxy) is 1. The fourth-order valence-electron chi connectivity index (χ4n) is 2.66. The molecule has 2 aliphatic heterocycles. The smallest absolute Gasteiger partial charge is 0.346 e. The first-order valence-electron chi connectivity index (χ1n) is 8.48. The van der Waals surface area contributed by atoms with Gasteiger partial charge in [-0.25, -0.2) is 19.3 Å². The van der Waals surface area contributed by atoms with Crippen molar-refractivity contribution in [3.8, 4) is 11.5 Å². The zero-order valence-electron chi connectivity index (χ0n) is 14.6. The molecule has 1 aromatic carbocycles. The minimum Gasteiger partial charge on any atom is -0.447 e. The molecule has 1 unspecified atom stereocenters. The second-order valence-electron chi connectivity index (χ2n) is 6.31. The number of aromatic nitrogens is 2. The number of nitro benzene ring substituents is 1. The lowest BCUT2D eigenvalue weighted by Crippen LogP contribution is -2.10. The van der Waals surface area contributed by atoms with Gasteiger partial charge in [0.05, 0.1) is 23.4 Å². The Bertz CT molecular complexity index is 887. The van der Waals surface area contributed by atoms with E-state index in [1.165, 1.54) is 30.9 Å². The van der Waals surface area contributed by atoms with Gasteiger partial charge < -0.3 is 4.74 Å². The van der Waals surface area contributed by atoms with Gasteiger partial charge in [0.2, 0.25) is 5.75 Å².